The number of hydrogen-bond acceptors (Lipinski definition) is 3. The maximum Gasteiger partial charge on any atom is 0.308 e. The molecule has 2 rings (SSSR count). The zero-order chi connectivity index (χ0) is 26.8. The number of hydrogen-bond donors (Lipinski definition) is 0. The van der Waals surface area contributed by atoms with E-state index in [2.05, 4.69) is 57.4 Å². The van der Waals surface area contributed by atoms with Gasteiger partial charge in [0.2, 0.25) is 6.29 Å². The molecule has 4 heteroatoms. The fraction of sp³-hybridized carbons (Fsp3) is 0.606. The van der Waals surface area contributed by atoms with Gasteiger partial charge in [-0.05, 0) is 43.4 Å². The van der Waals surface area contributed by atoms with Crippen molar-refractivity contribution in [1.29, 1.82) is 0 Å². The summed E-state index contributed by atoms with van der Waals surface area (Å²) in [6.45, 7) is 6.08. The SMILES string of the molecule is CCCCCCCCCCCc1ccc(OC(C)OC(=O)CCCC[N+](C)(C)Cc2ccccc2)cc1. The molecule has 0 heterocycles. The van der Waals surface area contributed by atoms with Gasteiger partial charge in [0.25, 0.3) is 0 Å². The van der Waals surface area contributed by atoms with Gasteiger partial charge in [0.1, 0.15) is 12.3 Å². The molecule has 0 N–H and O–H groups in total. The largest absolute Gasteiger partial charge is 0.455 e. The molecule has 0 aliphatic carbocycles. The van der Waals surface area contributed by atoms with Crippen molar-refractivity contribution in [3.63, 3.8) is 0 Å². The number of unbranched alkanes of at least 4 members (excludes halogenated alkanes) is 9. The number of carbonyl (C=O) groups excluding carboxylic acids is 1. The van der Waals surface area contributed by atoms with Crippen LogP contribution in [-0.2, 0) is 22.5 Å². The van der Waals surface area contributed by atoms with Crippen molar-refractivity contribution in [1.82, 2.24) is 0 Å². The smallest absolute Gasteiger partial charge is 0.308 e. The molecule has 1 unspecified atom stereocenters. The van der Waals surface area contributed by atoms with Gasteiger partial charge in [0.15, 0.2) is 0 Å². The van der Waals surface area contributed by atoms with E-state index < -0.39 is 6.29 Å². The Bertz CT molecular complexity index is 848. The van der Waals surface area contributed by atoms with Crippen LogP contribution in [0.4, 0.5) is 0 Å². The van der Waals surface area contributed by atoms with Gasteiger partial charge in [-0.25, -0.2) is 0 Å². The lowest BCUT2D eigenvalue weighted by Crippen LogP contribution is -2.39. The minimum absolute atomic E-state index is 0.192. The normalized spacial score (nSPS) is 12.3. The van der Waals surface area contributed by atoms with Crippen LogP contribution in [-0.4, -0.2) is 37.4 Å². The van der Waals surface area contributed by atoms with Crippen molar-refractivity contribution in [3.05, 3.63) is 65.7 Å². The predicted octanol–water partition coefficient (Wildman–Crippen LogP) is 8.47. The Kier molecular flexibility index (Phi) is 15.0. The molecule has 37 heavy (non-hydrogen) atoms. The van der Waals surface area contributed by atoms with E-state index in [1.165, 1.54) is 68.9 Å². The van der Waals surface area contributed by atoms with Crippen molar-refractivity contribution in [2.24, 2.45) is 0 Å². The van der Waals surface area contributed by atoms with Crippen LogP contribution in [0.3, 0.4) is 0 Å². The molecule has 0 spiro atoms. The predicted molar refractivity (Wildman–Crippen MR) is 155 cm³/mol. The van der Waals surface area contributed by atoms with Crippen LogP contribution >= 0.6 is 0 Å². The van der Waals surface area contributed by atoms with Crippen LogP contribution in [0.2, 0.25) is 0 Å². The van der Waals surface area contributed by atoms with Crippen LogP contribution in [0.5, 0.6) is 5.75 Å². The highest BCUT2D eigenvalue weighted by molar-refractivity contribution is 5.69. The van der Waals surface area contributed by atoms with E-state index in [9.17, 15) is 4.79 Å². The van der Waals surface area contributed by atoms with Gasteiger partial charge < -0.3 is 14.0 Å². The number of quaternary nitrogens is 1. The fourth-order valence-electron chi connectivity index (χ4n) is 4.80. The van der Waals surface area contributed by atoms with Crippen LogP contribution < -0.4 is 4.74 Å². The summed E-state index contributed by atoms with van der Waals surface area (Å²) in [4.78, 5) is 12.3. The first kappa shape index (κ1) is 30.9. The lowest BCUT2D eigenvalue weighted by Gasteiger charge is -2.30. The minimum atomic E-state index is -0.582. The maximum absolute atomic E-state index is 12.3. The summed E-state index contributed by atoms with van der Waals surface area (Å²) in [5.74, 6) is 0.555. The van der Waals surface area contributed by atoms with Crippen molar-refractivity contribution in [3.8, 4) is 5.75 Å². The third-order valence-electron chi connectivity index (χ3n) is 6.94. The summed E-state index contributed by atoms with van der Waals surface area (Å²) in [6, 6.07) is 18.8. The van der Waals surface area contributed by atoms with Crippen LogP contribution in [0.1, 0.15) is 102 Å². The van der Waals surface area contributed by atoms with E-state index in [0.29, 0.717) is 6.42 Å². The zero-order valence-electron chi connectivity index (χ0n) is 24.1. The van der Waals surface area contributed by atoms with Gasteiger partial charge in [-0.15, -0.1) is 0 Å². The molecule has 0 aliphatic rings. The lowest BCUT2D eigenvalue weighted by atomic mass is 10.0. The Morgan fingerprint density at radius 1 is 0.757 bits per heavy atom. The van der Waals surface area contributed by atoms with Crippen LogP contribution in [0.15, 0.2) is 54.6 Å². The molecular weight excluding hydrogens is 458 g/mol. The first-order valence-corrected chi connectivity index (χ1v) is 14.7. The topological polar surface area (TPSA) is 35.5 Å². The average Bonchev–Trinajstić information content (AvgIpc) is 2.87. The first-order chi connectivity index (χ1) is 17.9. The molecule has 206 valence electrons. The summed E-state index contributed by atoms with van der Waals surface area (Å²) in [6.07, 6.45) is 14.9. The lowest BCUT2D eigenvalue weighted by molar-refractivity contribution is -0.903. The molecule has 0 amide bonds. The number of ether oxygens (including phenoxy) is 2. The monoisotopic (exact) mass is 510 g/mol. The Hall–Kier alpha value is -2.33. The molecule has 0 aromatic heterocycles. The number of nitrogens with zero attached hydrogens (tertiary/aromatic N) is 1. The third-order valence-corrected chi connectivity index (χ3v) is 6.94. The number of rotatable bonds is 20. The number of aryl methyl sites for hydroxylation is 1. The molecule has 2 aromatic carbocycles. The third kappa shape index (κ3) is 14.9. The van der Waals surface area contributed by atoms with Crippen LogP contribution in [0, 0.1) is 0 Å². The molecular formula is C33H52NO3+. The average molecular weight is 511 g/mol. The Balaban J connectivity index is 1.54. The van der Waals surface area contributed by atoms with Gasteiger partial charge in [0.05, 0.1) is 20.6 Å². The van der Waals surface area contributed by atoms with E-state index in [0.717, 1.165) is 42.6 Å². The molecule has 0 saturated carbocycles. The van der Waals surface area contributed by atoms with Crippen molar-refractivity contribution < 1.29 is 18.8 Å². The molecule has 2 aromatic rings. The quantitative estimate of drug-likeness (QED) is 0.0775. The Labute approximate surface area is 227 Å². The molecule has 0 aliphatic heterocycles. The number of carbonyl (C=O) groups is 1. The molecule has 0 bridgehead atoms. The Morgan fingerprint density at radius 2 is 1.38 bits per heavy atom. The zero-order valence-corrected chi connectivity index (χ0v) is 24.1. The molecule has 0 saturated heterocycles. The molecule has 0 radical (unpaired) electrons. The highest BCUT2D eigenvalue weighted by atomic mass is 16.7. The van der Waals surface area contributed by atoms with Gasteiger partial charge in [-0.1, -0.05) is 101 Å². The standard InChI is InChI=1S/C33H52NO3/c1-5-6-7-8-9-10-11-12-14-19-30-23-25-32(26-24-30)36-29(2)37-33(35)22-17-18-27-34(3,4)28-31-20-15-13-16-21-31/h13,15-16,20-21,23-26,29H,5-12,14,17-19,22,27-28H2,1-4H3/q+1. The summed E-state index contributed by atoms with van der Waals surface area (Å²) >= 11 is 0. The number of benzene rings is 2. The number of esters is 1. The molecule has 1 atom stereocenters. The van der Waals surface area contributed by atoms with Gasteiger partial charge in [-0.3, -0.25) is 4.79 Å². The first-order valence-electron chi connectivity index (χ1n) is 14.7. The van der Waals surface area contributed by atoms with Crippen molar-refractivity contribution >= 4 is 5.97 Å². The van der Waals surface area contributed by atoms with Gasteiger partial charge >= 0.3 is 5.97 Å². The van der Waals surface area contributed by atoms with Crippen molar-refractivity contribution in [2.75, 3.05) is 20.6 Å². The van der Waals surface area contributed by atoms with E-state index >= 15 is 0 Å². The highest BCUT2D eigenvalue weighted by Crippen LogP contribution is 2.18. The second-order valence-corrected chi connectivity index (χ2v) is 11.2. The molecule has 4 nitrogen and oxygen atoms in total. The van der Waals surface area contributed by atoms with E-state index in [-0.39, 0.29) is 5.97 Å². The summed E-state index contributed by atoms with van der Waals surface area (Å²) in [7, 11) is 4.48. The second kappa shape index (κ2) is 18.0. The fourth-order valence-corrected chi connectivity index (χ4v) is 4.80. The van der Waals surface area contributed by atoms with E-state index in [4.69, 9.17) is 9.47 Å². The summed E-state index contributed by atoms with van der Waals surface area (Å²) < 4.78 is 12.2. The Morgan fingerprint density at radius 3 is 2.03 bits per heavy atom. The second-order valence-electron chi connectivity index (χ2n) is 11.2. The minimum Gasteiger partial charge on any atom is -0.455 e. The summed E-state index contributed by atoms with van der Waals surface area (Å²) in [5, 5.41) is 0. The van der Waals surface area contributed by atoms with Gasteiger partial charge in [-0.2, -0.15) is 0 Å². The highest BCUT2D eigenvalue weighted by Gasteiger charge is 2.16. The van der Waals surface area contributed by atoms with Crippen molar-refractivity contribution in [2.45, 2.75) is 110 Å². The van der Waals surface area contributed by atoms with Crippen LogP contribution in [0.25, 0.3) is 0 Å². The summed E-state index contributed by atoms with van der Waals surface area (Å²) in [5.41, 5.74) is 2.68. The molecule has 0 fully saturated rings. The van der Waals surface area contributed by atoms with E-state index in [1.54, 1.807) is 6.92 Å². The van der Waals surface area contributed by atoms with Gasteiger partial charge in [0, 0.05) is 18.9 Å². The maximum atomic E-state index is 12.3. The van der Waals surface area contributed by atoms with E-state index in [1.807, 2.05) is 18.2 Å².